The van der Waals surface area contributed by atoms with E-state index in [-0.39, 0.29) is 5.69 Å². The molecule has 1 heterocycles. The number of unbranched alkanes of at least 4 members (excludes halogenated alkanes) is 1. The van der Waals surface area contributed by atoms with Crippen LogP contribution in [0.25, 0.3) is 0 Å². The Morgan fingerprint density at radius 3 is 2.61 bits per heavy atom. The lowest BCUT2D eigenvalue weighted by Crippen LogP contribution is -2.15. The first-order chi connectivity index (χ1) is 13.6. The van der Waals surface area contributed by atoms with Gasteiger partial charge in [-0.1, -0.05) is 37.6 Å². The molecule has 146 valence electrons. The molecular weight excluding hydrogens is 364 g/mol. The van der Waals surface area contributed by atoms with E-state index in [1.54, 1.807) is 10.9 Å². The Morgan fingerprint density at radius 2 is 1.86 bits per heavy atom. The second-order valence-electron chi connectivity index (χ2n) is 6.26. The van der Waals surface area contributed by atoms with Crippen LogP contribution >= 0.6 is 0 Å². The Bertz CT molecular complexity index is 936. The van der Waals surface area contributed by atoms with E-state index in [0.717, 1.165) is 36.3 Å². The van der Waals surface area contributed by atoms with Gasteiger partial charge < -0.3 is 10.1 Å². The number of hydrogen-bond donors (Lipinski definition) is 1. The number of anilines is 1. The van der Waals surface area contributed by atoms with E-state index >= 15 is 0 Å². The number of para-hydroxylation sites is 2. The molecule has 1 amide bonds. The van der Waals surface area contributed by atoms with Crippen molar-refractivity contribution < 1.29 is 18.3 Å². The molecular formula is C21H21F2N3O2. The van der Waals surface area contributed by atoms with Gasteiger partial charge in [-0.15, -0.1) is 0 Å². The number of amides is 1. The van der Waals surface area contributed by atoms with Crippen LogP contribution in [0.5, 0.6) is 5.75 Å². The van der Waals surface area contributed by atoms with Gasteiger partial charge in [0.25, 0.3) is 5.91 Å². The number of rotatable bonds is 8. The molecule has 7 heteroatoms. The second kappa shape index (κ2) is 9.12. The summed E-state index contributed by atoms with van der Waals surface area (Å²) in [6.45, 7) is 3.14. The van der Waals surface area contributed by atoms with E-state index < -0.39 is 23.2 Å². The zero-order valence-electron chi connectivity index (χ0n) is 15.5. The van der Waals surface area contributed by atoms with Crippen LogP contribution in [0.1, 0.15) is 35.8 Å². The number of carbonyl (C=O) groups excluding carboxylic acids is 1. The molecule has 0 unspecified atom stereocenters. The number of nitrogens with one attached hydrogen (secondary N) is 1. The fraction of sp³-hybridized carbons (Fsp3) is 0.238. The molecule has 5 nitrogen and oxygen atoms in total. The maximum Gasteiger partial charge on any atom is 0.276 e. The number of benzene rings is 2. The summed E-state index contributed by atoms with van der Waals surface area (Å²) in [5.41, 5.74) is 0.498. The van der Waals surface area contributed by atoms with Crippen molar-refractivity contribution in [3.63, 3.8) is 0 Å². The number of carbonyl (C=O) groups is 1. The Morgan fingerprint density at radius 1 is 1.11 bits per heavy atom. The molecule has 0 saturated heterocycles. The molecule has 3 aromatic rings. The highest BCUT2D eigenvalue weighted by molar-refractivity contribution is 6.02. The van der Waals surface area contributed by atoms with E-state index in [1.807, 2.05) is 24.3 Å². The van der Waals surface area contributed by atoms with Crippen molar-refractivity contribution in [2.24, 2.45) is 0 Å². The Hall–Kier alpha value is -3.22. The number of halogens is 2. The number of aromatic nitrogens is 2. The molecule has 0 saturated carbocycles. The van der Waals surface area contributed by atoms with Crippen molar-refractivity contribution in [1.82, 2.24) is 9.78 Å². The van der Waals surface area contributed by atoms with E-state index in [9.17, 15) is 13.6 Å². The van der Waals surface area contributed by atoms with Gasteiger partial charge in [-0.05, 0) is 30.7 Å². The summed E-state index contributed by atoms with van der Waals surface area (Å²) in [5.74, 6) is -1.60. The minimum Gasteiger partial charge on any atom is -0.493 e. The maximum atomic E-state index is 13.7. The molecule has 0 atom stereocenters. The smallest absolute Gasteiger partial charge is 0.276 e. The monoisotopic (exact) mass is 385 g/mol. The van der Waals surface area contributed by atoms with E-state index in [2.05, 4.69) is 17.3 Å². The van der Waals surface area contributed by atoms with Crippen molar-refractivity contribution in [1.29, 1.82) is 0 Å². The summed E-state index contributed by atoms with van der Waals surface area (Å²) in [5, 5.41) is 6.43. The van der Waals surface area contributed by atoms with E-state index in [4.69, 9.17) is 4.74 Å². The Balaban J connectivity index is 1.70. The maximum absolute atomic E-state index is 13.7. The van der Waals surface area contributed by atoms with Gasteiger partial charge in [0.15, 0.2) is 5.69 Å². The lowest BCUT2D eigenvalue weighted by atomic mass is 10.2. The minimum absolute atomic E-state index is 0.0621. The van der Waals surface area contributed by atoms with Crippen molar-refractivity contribution in [2.45, 2.75) is 26.3 Å². The third-order valence-electron chi connectivity index (χ3n) is 4.14. The topological polar surface area (TPSA) is 56.1 Å². The first kappa shape index (κ1) is 19.5. The van der Waals surface area contributed by atoms with Gasteiger partial charge in [0, 0.05) is 11.8 Å². The predicted octanol–water partition coefficient (Wildman–Crippen LogP) is 4.64. The average Bonchev–Trinajstić information content (AvgIpc) is 3.15. The second-order valence-corrected chi connectivity index (χ2v) is 6.26. The summed E-state index contributed by atoms with van der Waals surface area (Å²) in [7, 11) is 0. The number of hydrogen-bond acceptors (Lipinski definition) is 3. The van der Waals surface area contributed by atoms with Gasteiger partial charge in [0.1, 0.15) is 23.1 Å². The van der Waals surface area contributed by atoms with Gasteiger partial charge in [-0.25, -0.2) is 8.78 Å². The molecule has 0 radical (unpaired) electrons. The lowest BCUT2D eigenvalue weighted by molar-refractivity contribution is 0.102. The average molecular weight is 385 g/mol. The largest absolute Gasteiger partial charge is 0.493 e. The van der Waals surface area contributed by atoms with Gasteiger partial charge in [0.2, 0.25) is 0 Å². The fourth-order valence-corrected chi connectivity index (χ4v) is 2.64. The Labute approximate surface area is 161 Å². The highest BCUT2D eigenvalue weighted by Crippen LogP contribution is 2.21. The van der Waals surface area contributed by atoms with Crippen LogP contribution in [0.4, 0.5) is 14.5 Å². The van der Waals surface area contributed by atoms with Crippen LogP contribution in [0.3, 0.4) is 0 Å². The highest BCUT2D eigenvalue weighted by Gasteiger charge is 2.16. The third kappa shape index (κ3) is 4.73. The summed E-state index contributed by atoms with van der Waals surface area (Å²) in [6, 6.07) is 12.5. The standard InChI is InChI=1S/C21H21F2N3O2/c1-2-3-13-28-19-10-5-4-7-15(19)14-26-12-11-18(25-26)21(27)24-20-16(22)8-6-9-17(20)23/h4-12H,2-3,13-14H2,1H3,(H,24,27). The quantitative estimate of drug-likeness (QED) is 0.575. The fourth-order valence-electron chi connectivity index (χ4n) is 2.64. The predicted molar refractivity (Wildman–Crippen MR) is 102 cm³/mol. The van der Waals surface area contributed by atoms with Crippen molar-refractivity contribution >= 4 is 11.6 Å². The molecule has 0 aliphatic carbocycles. The zero-order valence-corrected chi connectivity index (χ0v) is 15.5. The number of nitrogens with zero attached hydrogens (tertiary/aromatic N) is 2. The van der Waals surface area contributed by atoms with Gasteiger partial charge in [-0.3, -0.25) is 9.48 Å². The summed E-state index contributed by atoms with van der Waals surface area (Å²) < 4.78 is 34.8. The third-order valence-corrected chi connectivity index (χ3v) is 4.14. The van der Waals surface area contributed by atoms with Crippen LogP contribution in [0, 0.1) is 11.6 Å². The van der Waals surface area contributed by atoms with Crippen LogP contribution < -0.4 is 10.1 Å². The first-order valence-corrected chi connectivity index (χ1v) is 9.08. The molecule has 28 heavy (non-hydrogen) atoms. The van der Waals surface area contributed by atoms with Crippen molar-refractivity contribution in [2.75, 3.05) is 11.9 Å². The van der Waals surface area contributed by atoms with Crippen LogP contribution in [-0.2, 0) is 6.54 Å². The SMILES string of the molecule is CCCCOc1ccccc1Cn1ccc(C(=O)Nc2c(F)cccc2F)n1. The zero-order chi connectivity index (χ0) is 19.9. The van der Waals surface area contributed by atoms with Crippen LogP contribution in [-0.4, -0.2) is 22.3 Å². The molecule has 0 spiro atoms. The molecule has 1 aromatic heterocycles. The van der Waals surface area contributed by atoms with Crippen molar-refractivity contribution in [3.8, 4) is 5.75 Å². The number of ether oxygens (including phenoxy) is 1. The van der Waals surface area contributed by atoms with Crippen LogP contribution in [0.15, 0.2) is 54.7 Å². The molecule has 0 bridgehead atoms. The van der Waals surface area contributed by atoms with Crippen LogP contribution in [0.2, 0.25) is 0 Å². The molecule has 0 aliphatic rings. The van der Waals surface area contributed by atoms with E-state index in [1.165, 1.54) is 12.1 Å². The molecule has 1 N–H and O–H groups in total. The highest BCUT2D eigenvalue weighted by atomic mass is 19.1. The van der Waals surface area contributed by atoms with Gasteiger partial charge in [0.05, 0.1) is 13.2 Å². The summed E-state index contributed by atoms with van der Waals surface area (Å²) >= 11 is 0. The normalized spacial score (nSPS) is 10.7. The van der Waals surface area contributed by atoms with Gasteiger partial charge >= 0.3 is 0 Å². The lowest BCUT2D eigenvalue weighted by Gasteiger charge is -2.11. The summed E-state index contributed by atoms with van der Waals surface area (Å²) in [4.78, 5) is 12.3. The molecule has 2 aromatic carbocycles. The van der Waals surface area contributed by atoms with Gasteiger partial charge in [-0.2, -0.15) is 5.10 Å². The molecule has 0 aliphatic heterocycles. The first-order valence-electron chi connectivity index (χ1n) is 9.08. The molecule has 3 rings (SSSR count). The molecule has 0 fully saturated rings. The minimum atomic E-state index is -0.842. The Kier molecular flexibility index (Phi) is 6.37. The van der Waals surface area contributed by atoms with E-state index in [0.29, 0.717) is 13.2 Å². The van der Waals surface area contributed by atoms with Crippen molar-refractivity contribution in [3.05, 3.63) is 77.6 Å². The summed E-state index contributed by atoms with van der Waals surface area (Å²) in [6.07, 6.45) is 3.64.